The fourth-order valence-corrected chi connectivity index (χ4v) is 3.37. The van der Waals surface area contributed by atoms with Gasteiger partial charge >= 0.3 is 0 Å². The minimum atomic E-state index is -0.171. The SMILES string of the molecule is Fc1ccccc1CN1CNCCNCN(Cc2ccccc2F)CNCCNC1. The first-order chi connectivity index (χ1) is 14.7. The summed E-state index contributed by atoms with van der Waals surface area (Å²) in [5.74, 6) is -0.342. The van der Waals surface area contributed by atoms with Crippen LogP contribution in [-0.4, -0.2) is 62.7 Å². The maximum atomic E-state index is 14.0. The van der Waals surface area contributed by atoms with Gasteiger partial charge in [0.05, 0.1) is 0 Å². The fourth-order valence-electron chi connectivity index (χ4n) is 3.37. The van der Waals surface area contributed by atoms with E-state index in [1.165, 1.54) is 12.1 Å². The molecule has 0 amide bonds. The Morgan fingerprint density at radius 1 is 0.567 bits per heavy atom. The zero-order chi connectivity index (χ0) is 21.0. The number of hydrogen-bond donors (Lipinski definition) is 4. The smallest absolute Gasteiger partial charge is 0.127 e. The van der Waals surface area contributed by atoms with E-state index >= 15 is 0 Å². The normalized spacial score (nSPS) is 18.7. The predicted octanol–water partition coefficient (Wildman–Crippen LogP) is 1.47. The van der Waals surface area contributed by atoms with Crippen molar-refractivity contribution >= 4 is 0 Å². The highest BCUT2D eigenvalue weighted by Crippen LogP contribution is 2.10. The van der Waals surface area contributed by atoms with Gasteiger partial charge in [0.25, 0.3) is 0 Å². The van der Waals surface area contributed by atoms with E-state index in [-0.39, 0.29) is 11.6 Å². The van der Waals surface area contributed by atoms with Gasteiger partial charge in [-0.1, -0.05) is 36.4 Å². The molecule has 0 radical (unpaired) electrons. The lowest BCUT2D eigenvalue weighted by Gasteiger charge is -2.26. The van der Waals surface area contributed by atoms with Crippen LogP contribution in [-0.2, 0) is 13.1 Å². The third-order valence-electron chi connectivity index (χ3n) is 5.00. The zero-order valence-electron chi connectivity index (χ0n) is 17.3. The van der Waals surface area contributed by atoms with Crippen LogP contribution in [0, 0.1) is 11.6 Å². The number of nitrogens with zero attached hydrogens (tertiary/aromatic N) is 2. The van der Waals surface area contributed by atoms with Crippen molar-refractivity contribution in [2.75, 3.05) is 52.9 Å². The standard InChI is InChI=1S/C22H32F2N6/c23-21-7-3-1-5-19(21)13-29-15-25-9-11-27-17-30(18-28-12-10-26-16-29)14-20-6-2-4-8-22(20)24/h1-8,25-28H,9-18H2. The van der Waals surface area contributed by atoms with E-state index in [4.69, 9.17) is 0 Å². The Kier molecular flexibility index (Phi) is 9.62. The van der Waals surface area contributed by atoms with Gasteiger partial charge in [0.15, 0.2) is 0 Å². The van der Waals surface area contributed by atoms with Crippen molar-refractivity contribution in [3.05, 3.63) is 71.3 Å². The van der Waals surface area contributed by atoms with Gasteiger partial charge in [0.2, 0.25) is 0 Å². The van der Waals surface area contributed by atoms with Crippen LogP contribution in [0.1, 0.15) is 11.1 Å². The molecule has 0 saturated carbocycles. The Labute approximate surface area is 177 Å². The molecule has 8 heteroatoms. The van der Waals surface area contributed by atoms with Crippen LogP contribution in [0.3, 0.4) is 0 Å². The van der Waals surface area contributed by atoms with E-state index < -0.39 is 0 Å². The third-order valence-corrected chi connectivity index (χ3v) is 5.00. The van der Waals surface area contributed by atoms with E-state index in [2.05, 4.69) is 31.1 Å². The average Bonchev–Trinajstić information content (AvgIpc) is 2.75. The zero-order valence-corrected chi connectivity index (χ0v) is 17.3. The Hall–Kier alpha value is -1.94. The molecule has 1 fully saturated rings. The van der Waals surface area contributed by atoms with Crippen LogP contribution in [0.15, 0.2) is 48.5 Å². The molecule has 0 atom stereocenters. The van der Waals surface area contributed by atoms with Crippen LogP contribution in [0.4, 0.5) is 8.78 Å². The van der Waals surface area contributed by atoms with Crippen molar-refractivity contribution in [1.29, 1.82) is 0 Å². The Bertz CT molecular complexity index is 680. The second kappa shape index (κ2) is 12.7. The lowest BCUT2D eigenvalue weighted by molar-refractivity contribution is 0.204. The van der Waals surface area contributed by atoms with Crippen molar-refractivity contribution in [2.45, 2.75) is 13.1 Å². The van der Waals surface area contributed by atoms with Gasteiger partial charge in [-0.15, -0.1) is 0 Å². The second-order valence-corrected chi connectivity index (χ2v) is 7.47. The highest BCUT2D eigenvalue weighted by molar-refractivity contribution is 5.17. The summed E-state index contributed by atoms with van der Waals surface area (Å²) in [6.45, 7) is 6.89. The van der Waals surface area contributed by atoms with Crippen molar-refractivity contribution in [3.63, 3.8) is 0 Å². The molecular weight excluding hydrogens is 386 g/mol. The van der Waals surface area contributed by atoms with Crippen LogP contribution < -0.4 is 21.3 Å². The monoisotopic (exact) mass is 418 g/mol. The Morgan fingerprint density at radius 3 is 1.23 bits per heavy atom. The van der Waals surface area contributed by atoms with Crippen LogP contribution >= 0.6 is 0 Å². The van der Waals surface area contributed by atoms with Crippen LogP contribution in [0.25, 0.3) is 0 Å². The van der Waals surface area contributed by atoms with Crippen molar-refractivity contribution < 1.29 is 8.78 Å². The van der Waals surface area contributed by atoms with E-state index in [1.807, 2.05) is 24.3 Å². The molecule has 0 unspecified atom stereocenters. The van der Waals surface area contributed by atoms with E-state index in [0.717, 1.165) is 26.2 Å². The first-order valence-corrected chi connectivity index (χ1v) is 10.5. The van der Waals surface area contributed by atoms with E-state index in [1.54, 1.807) is 12.1 Å². The molecule has 1 heterocycles. The quantitative estimate of drug-likeness (QED) is 0.604. The van der Waals surface area contributed by atoms with Gasteiger partial charge in [-0.25, -0.2) is 8.78 Å². The molecule has 1 aliphatic heterocycles. The number of benzene rings is 2. The second-order valence-electron chi connectivity index (χ2n) is 7.47. The van der Waals surface area contributed by atoms with E-state index in [9.17, 15) is 8.78 Å². The Balaban J connectivity index is 1.49. The van der Waals surface area contributed by atoms with Crippen molar-refractivity contribution in [1.82, 2.24) is 31.1 Å². The van der Waals surface area contributed by atoms with E-state index in [0.29, 0.717) is 50.9 Å². The summed E-state index contributed by atoms with van der Waals surface area (Å²) in [7, 11) is 0. The lowest BCUT2D eigenvalue weighted by Crippen LogP contribution is -2.47. The first kappa shape index (κ1) is 22.7. The fraction of sp³-hybridized carbons (Fsp3) is 0.455. The van der Waals surface area contributed by atoms with Crippen LogP contribution in [0.2, 0.25) is 0 Å². The molecular formula is C22H32F2N6. The molecule has 2 aromatic rings. The first-order valence-electron chi connectivity index (χ1n) is 10.5. The van der Waals surface area contributed by atoms with Gasteiger partial charge in [-0.2, -0.15) is 0 Å². The van der Waals surface area contributed by atoms with Crippen molar-refractivity contribution in [3.8, 4) is 0 Å². The molecule has 4 N–H and O–H groups in total. The third kappa shape index (κ3) is 7.71. The van der Waals surface area contributed by atoms with Gasteiger partial charge in [-0.05, 0) is 12.1 Å². The lowest BCUT2D eigenvalue weighted by atomic mass is 10.2. The maximum absolute atomic E-state index is 14.0. The molecule has 30 heavy (non-hydrogen) atoms. The number of hydrogen-bond acceptors (Lipinski definition) is 6. The minimum Gasteiger partial charge on any atom is -0.303 e. The van der Waals surface area contributed by atoms with Gasteiger partial charge < -0.3 is 21.3 Å². The summed E-state index contributed by atoms with van der Waals surface area (Å²) in [4.78, 5) is 4.29. The maximum Gasteiger partial charge on any atom is 0.127 e. The number of rotatable bonds is 4. The predicted molar refractivity (Wildman–Crippen MR) is 115 cm³/mol. The number of nitrogens with one attached hydrogen (secondary N) is 4. The highest BCUT2D eigenvalue weighted by atomic mass is 19.1. The van der Waals surface area contributed by atoms with Gasteiger partial charge in [-0.3, -0.25) is 9.80 Å². The summed E-state index contributed by atoms with van der Waals surface area (Å²) < 4.78 is 28.0. The Morgan fingerprint density at radius 2 is 0.900 bits per heavy atom. The molecule has 1 aliphatic rings. The molecule has 3 rings (SSSR count). The summed E-state index contributed by atoms with van der Waals surface area (Å²) >= 11 is 0. The molecule has 6 nitrogen and oxygen atoms in total. The molecule has 0 aliphatic carbocycles. The summed E-state index contributed by atoms with van der Waals surface area (Å²) in [6.07, 6.45) is 0. The topological polar surface area (TPSA) is 54.6 Å². The summed E-state index contributed by atoms with van der Waals surface area (Å²) in [5, 5.41) is 13.6. The van der Waals surface area contributed by atoms with Crippen LogP contribution in [0.5, 0.6) is 0 Å². The average molecular weight is 419 g/mol. The molecule has 1 saturated heterocycles. The summed E-state index contributed by atoms with van der Waals surface area (Å²) in [5.41, 5.74) is 1.39. The van der Waals surface area contributed by atoms with Gasteiger partial charge in [0.1, 0.15) is 11.6 Å². The molecule has 2 aromatic carbocycles. The van der Waals surface area contributed by atoms with Gasteiger partial charge in [0, 0.05) is 77.1 Å². The largest absolute Gasteiger partial charge is 0.303 e. The summed E-state index contributed by atoms with van der Waals surface area (Å²) in [6, 6.07) is 13.8. The highest BCUT2D eigenvalue weighted by Gasteiger charge is 2.11. The molecule has 0 aromatic heterocycles. The van der Waals surface area contributed by atoms with Crippen molar-refractivity contribution in [2.24, 2.45) is 0 Å². The molecule has 164 valence electrons. The molecule has 0 bridgehead atoms. The number of halogens is 2. The minimum absolute atomic E-state index is 0.171. The molecule has 0 spiro atoms.